The molecule has 1 unspecified atom stereocenters. The summed E-state index contributed by atoms with van der Waals surface area (Å²) >= 11 is 0. The Balaban J connectivity index is 1.88. The van der Waals surface area contributed by atoms with E-state index in [0.717, 1.165) is 32.1 Å². The highest BCUT2D eigenvalue weighted by molar-refractivity contribution is 5.46. The number of nitrogens with zero attached hydrogens (tertiary/aromatic N) is 1. The van der Waals surface area contributed by atoms with Crippen LogP contribution >= 0.6 is 0 Å². The van der Waals surface area contributed by atoms with Crippen LogP contribution in [-0.2, 0) is 0 Å². The van der Waals surface area contributed by atoms with Crippen molar-refractivity contribution in [1.29, 1.82) is 0 Å². The maximum atomic E-state index is 13.6. The molecule has 100 valence electrons. The van der Waals surface area contributed by atoms with E-state index in [4.69, 9.17) is 0 Å². The second-order valence-corrected chi connectivity index (χ2v) is 5.02. The maximum absolute atomic E-state index is 13.6. The van der Waals surface area contributed by atoms with Gasteiger partial charge in [0.2, 0.25) is 0 Å². The molecule has 0 aromatic heterocycles. The molecule has 1 aliphatic heterocycles. The van der Waals surface area contributed by atoms with E-state index in [1.54, 1.807) is 0 Å². The molecule has 0 amide bonds. The summed E-state index contributed by atoms with van der Waals surface area (Å²) in [5, 5.41) is 3.37. The van der Waals surface area contributed by atoms with Gasteiger partial charge >= 0.3 is 0 Å². The van der Waals surface area contributed by atoms with Crippen molar-refractivity contribution in [3.8, 4) is 0 Å². The number of nitrogens with one attached hydrogen (secondary N) is 1. The molecule has 0 spiro atoms. The van der Waals surface area contributed by atoms with E-state index in [2.05, 4.69) is 5.32 Å². The number of hydrogen-bond acceptors (Lipinski definition) is 2. The fourth-order valence-electron chi connectivity index (χ4n) is 2.46. The first kappa shape index (κ1) is 13.3. The highest BCUT2D eigenvalue weighted by Gasteiger charge is 2.15. The Morgan fingerprint density at radius 3 is 2.89 bits per heavy atom. The maximum Gasteiger partial charge on any atom is 0.149 e. The zero-order chi connectivity index (χ0) is 13.0. The summed E-state index contributed by atoms with van der Waals surface area (Å²) < 4.78 is 26.4. The van der Waals surface area contributed by atoms with Crippen molar-refractivity contribution in [2.45, 2.75) is 19.3 Å². The Hall–Kier alpha value is -1.16. The van der Waals surface area contributed by atoms with Gasteiger partial charge in [0.15, 0.2) is 0 Å². The standard InChI is InChI=1S/C14H20F2N2/c1-18(8-6-11-3-2-7-17-10-11)14-5-4-12(15)9-13(14)16/h4-5,9,11,17H,2-3,6-8,10H2,1H3. The van der Waals surface area contributed by atoms with Gasteiger partial charge in [-0.05, 0) is 50.4 Å². The molecular formula is C14H20F2N2. The van der Waals surface area contributed by atoms with Crippen molar-refractivity contribution < 1.29 is 8.78 Å². The van der Waals surface area contributed by atoms with Crippen LogP contribution in [0.15, 0.2) is 18.2 Å². The van der Waals surface area contributed by atoms with Gasteiger partial charge in [0.05, 0.1) is 5.69 Å². The molecule has 1 aliphatic rings. The molecule has 2 rings (SSSR count). The summed E-state index contributed by atoms with van der Waals surface area (Å²) in [5.74, 6) is -0.342. The average molecular weight is 254 g/mol. The van der Waals surface area contributed by atoms with Gasteiger partial charge in [-0.15, -0.1) is 0 Å². The third kappa shape index (κ3) is 3.42. The Kier molecular flexibility index (Phi) is 4.53. The number of piperidine rings is 1. The summed E-state index contributed by atoms with van der Waals surface area (Å²) in [6.45, 7) is 2.97. The Morgan fingerprint density at radius 2 is 2.22 bits per heavy atom. The SMILES string of the molecule is CN(CCC1CCCNC1)c1ccc(F)cc1F. The number of hydrogen-bond donors (Lipinski definition) is 1. The van der Waals surface area contributed by atoms with Gasteiger partial charge in [0.1, 0.15) is 11.6 Å². The van der Waals surface area contributed by atoms with Crippen molar-refractivity contribution in [1.82, 2.24) is 5.32 Å². The summed E-state index contributed by atoms with van der Waals surface area (Å²) in [6.07, 6.45) is 3.51. The van der Waals surface area contributed by atoms with Gasteiger partial charge in [-0.25, -0.2) is 8.78 Å². The van der Waals surface area contributed by atoms with E-state index in [-0.39, 0.29) is 0 Å². The zero-order valence-corrected chi connectivity index (χ0v) is 10.8. The van der Waals surface area contributed by atoms with Crippen LogP contribution in [0.3, 0.4) is 0 Å². The molecule has 1 N–H and O–H groups in total. The summed E-state index contributed by atoms with van der Waals surface area (Å²) in [5.41, 5.74) is 0.472. The highest BCUT2D eigenvalue weighted by Crippen LogP contribution is 2.21. The van der Waals surface area contributed by atoms with Crippen molar-refractivity contribution in [2.24, 2.45) is 5.92 Å². The predicted octanol–water partition coefficient (Wildman–Crippen LogP) is 2.79. The van der Waals surface area contributed by atoms with E-state index >= 15 is 0 Å². The predicted molar refractivity (Wildman–Crippen MR) is 69.8 cm³/mol. The molecule has 2 nitrogen and oxygen atoms in total. The minimum atomic E-state index is -0.527. The van der Waals surface area contributed by atoms with Crippen LogP contribution in [0, 0.1) is 17.6 Å². The lowest BCUT2D eigenvalue weighted by atomic mass is 9.96. The molecule has 1 saturated heterocycles. The largest absolute Gasteiger partial charge is 0.372 e. The fourth-order valence-corrected chi connectivity index (χ4v) is 2.46. The number of rotatable bonds is 4. The smallest absolute Gasteiger partial charge is 0.149 e. The zero-order valence-electron chi connectivity index (χ0n) is 10.8. The van der Waals surface area contributed by atoms with Crippen molar-refractivity contribution in [3.63, 3.8) is 0 Å². The van der Waals surface area contributed by atoms with Crippen LogP contribution in [0.4, 0.5) is 14.5 Å². The van der Waals surface area contributed by atoms with Crippen molar-refractivity contribution in [3.05, 3.63) is 29.8 Å². The first-order valence-electron chi connectivity index (χ1n) is 6.53. The molecular weight excluding hydrogens is 234 g/mol. The van der Waals surface area contributed by atoms with Crippen molar-refractivity contribution >= 4 is 5.69 Å². The van der Waals surface area contributed by atoms with E-state index in [1.807, 2.05) is 11.9 Å². The molecule has 0 bridgehead atoms. The van der Waals surface area contributed by atoms with Gasteiger partial charge in [-0.3, -0.25) is 0 Å². The normalized spacial score (nSPS) is 19.8. The van der Waals surface area contributed by atoms with Gasteiger partial charge in [0, 0.05) is 19.7 Å². The molecule has 0 saturated carbocycles. The molecule has 1 aromatic carbocycles. The lowest BCUT2D eigenvalue weighted by Gasteiger charge is -2.26. The minimum absolute atomic E-state index is 0.472. The van der Waals surface area contributed by atoms with Crippen LogP contribution < -0.4 is 10.2 Å². The van der Waals surface area contributed by atoms with Crippen LogP contribution in [0.25, 0.3) is 0 Å². The van der Waals surface area contributed by atoms with Crippen LogP contribution in [0.5, 0.6) is 0 Å². The molecule has 1 aromatic rings. The molecule has 0 radical (unpaired) electrons. The third-order valence-electron chi connectivity index (χ3n) is 3.59. The fraction of sp³-hybridized carbons (Fsp3) is 0.571. The number of anilines is 1. The third-order valence-corrected chi connectivity index (χ3v) is 3.59. The molecule has 1 heterocycles. The van der Waals surface area contributed by atoms with E-state index in [1.165, 1.54) is 25.0 Å². The van der Waals surface area contributed by atoms with Crippen LogP contribution in [-0.4, -0.2) is 26.7 Å². The summed E-state index contributed by atoms with van der Waals surface area (Å²) in [4.78, 5) is 1.86. The lowest BCUT2D eigenvalue weighted by molar-refractivity contribution is 0.360. The molecule has 0 aliphatic carbocycles. The van der Waals surface area contributed by atoms with Crippen LogP contribution in [0.1, 0.15) is 19.3 Å². The molecule has 4 heteroatoms. The first-order valence-corrected chi connectivity index (χ1v) is 6.53. The quantitative estimate of drug-likeness (QED) is 0.889. The van der Waals surface area contributed by atoms with E-state index < -0.39 is 11.6 Å². The highest BCUT2D eigenvalue weighted by atomic mass is 19.1. The topological polar surface area (TPSA) is 15.3 Å². The number of halogens is 2. The minimum Gasteiger partial charge on any atom is -0.372 e. The van der Waals surface area contributed by atoms with E-state index in [9.17, 15) is 8.78 Å². The molecule has 1 atom stereocenters. The van der Waals surface area contributed by atoms with Crippen LogP contribution in [0.2, 0.25) is 0 Å². The number of benzene rings is 1. The second kappa shape index (κ2) is 6.14. The molecule has 18 heavy (non-hydrogen) atoms. The Labute approximate surface area is 107 Å². The monoisotopic (exact) mass is 254 g/mol. The second-order valence-electron chi connectivity index (χ2n) is 5.02. The van der Waals surface area contributed by atoms with Gasteiger partial charge in [-0.2, -0.15) is 0 Å². The summed E-state index contributed by atoms with van der Waals surface area (Å²) in [6, 6.07) is 3.74. The van der Waals surface area contributed by atoms with Gasteiger partial charge in [-0.1, -0.05) is 0 Å². The van der Waals surface area contributed by atoms with Gasteiger partial charge in [0.25, 0.3) is 0 Å². The average Bonchev–Trinajstić information content (AvgIpc) is 2.37. The summed E-state index contributed by atoms with van der Waals surface area (Å²) in [7, 11) is 1.85. The Bertz CT molecular complexity index is 389. The first-order chi connectivity index (χ1) is 8.66. The lowest BCUT2D eigenvalue weighted by Crippen LogP contribution is -2.32. The molecule has 1 fully saturated rings. The van der Waals surface area contributed by atoms with E-state index in [0.29, 0.717) is 11.6 Å². The van der Waals surface area contributed by atoms with Gasteiger partial charge < -0.3 is 10.2 Å². The van der Waals surface area contributed by atoms with Crippen molar-refractivity contribution in [2.75, 3.05) is 31.6 Å². The Morgan fingerprint density at radius 1 is 1.39 bits per heavy atom.